The summed E-state index contributed by atoms with van der Waals surface area (Å²) >= 11 is 6.20. The smallest absolute Gasteiger partial charge is 0.271 e. The zero-order valence-electron chi connectivity index (χ0n) is 18.9. The van der Waals surface area contributed by atoms with Crippen LogP contribution in [0, 0.1) is 0 Å². The molecule has 178 valence electrons. The van der Waals surface area contributed by atoms with Crippen LogP contribution in [0.3, 0.4) is 0 Å². The molecule has 10 heteroatoms. The third-order valence-electron chi connectivity index (χ3n) is 4.90. The number of carbonyl (C=O) groups excluding carboxylic acids is 1. The van der Waals surface area contributed by atoms with Gasteiger partial charge in [-0.2, -0.15) is 5.10 Å². The van der Waals surface area contributed by atoms with Gasteiger partial charge >= 0.3 is 0 Å². The van der Waals surface area contributed by atoms with Crippen molar-refractivity contribution in [2.75, 3.05) is 24.8 Å². The number of hydrogen-bond donors (Lipinski definition) is 1. The van der Waals surface area contributed by atoms with Crippen LogP contribution in [0.2, 0.25) is 5.02 Å². The molecule has 0 saturated heterocycles. The molecule has 1 N–H and O–H groups in total. The van der Waals surface area contributed by atoms with Gasteiger partial charge in [0.05, 0.1) is 38.9 Å². The number of methoxy groups -OCH3 is 2. The number of rotatable bonds is 9. The van der Waals surface area contributed by atoms with E-state index in [1.165, 1.54) is 29.8 Å². The minimum atomic E-state index is -3.59. The highest BCUT2D eigenvalue weighted by molar-refractivity contribution is 7.92. The predicted octanol–water partition coefficient (Wildman–Crippen LogP) is 4.09. The number of amides is 1. The summed E-state index contributed by atoms with van der Waals surface area (Å²) in [5, 5.41) is 4.45. The van der Waals surface area contributed by atoms with Gasteiger partial charge in [-0.25, -0.2) is 13.8 Å². The lowest BCUT2D eigenvalue weighted by Gasteiger charge is -2.23. The second kappa shape index (κ2) is 11.0. The van der Waals surface area contributed by atoms with Gasteiger partial charge in [0.2, 0.25) is 10.0 Å². The molecule has 0 radical (unpaired) electrons. The van der Waals surface area contributed by atoms with Crippen LogP contribution in [-0.4, -0.2) is 41.0 Å². The lowest BCUT2D eigenvalue weighted by molar-refractivity contribution is 0.0955. The highest BCUT2D eigenvalue weighted by Gasteiger charge is 2.19. The van der Waals surface area contributed by atoms with E-state index in [1.807, 2.05) is 0 Å². The van der Waals surface area contributed by atoms with E-state index >= 15 is 0 Å². The number of benzene rings is 3. The Hall–Kier alpha value is -3.56. The Morgan fingerprint density at radius 3 is 2.38 bits per heavy atom. The molecule has 8 nitrogen and oxygen atoms in total. The zero-order valence-corrected chi connectivity index (χ0v) is 20.4. The average molecular weight is 502 g/mol. The molecule has 0 bridgehead atoms. The Bertz CT molecular complexity index is 1290. The monoisotopic (exact) mass is 501 g/mol. The van der Waals surface area contributed by atoms with Gasteiger partial charge in [-0.05, 0) is 48.0 Å². The van der Waals surface area contributed by atoms with Crippen LogP contribution < -0.4 is 19.2 Å². The Balaban J connectivity index is 1.73. The number of nitrogens with zero attached hydrogens (tertiary/aromatic N) is 2. The molecule has 0 unspecified atom stereocenters. The van der Waals surface area contributed by atoms with Crippen molar-refractivity contribution < 1.29 is 22.7 Å². The van der Waals surface area contributed by atoms with Crippen LogP contribution in [0.1, 0.15) is 21.5 Å². The molecule has 34 heavy (non-hydrogen) atoms. The molecular formula is C24H24ClN3O5S. The second-order valence-electron chi connectivity index (χ2n) is 7.21. The SMILES string of the molecule is COc1ccc(/C=N\NC(=O)c2ccc(N(Cc3ccccc3Cl)S(C)(=O)=O)cc2)c(OC)c1. The summed E-state index contributed by atoms with van der Waals surface area (Å²) in [5.41, 5.74) is 4.49. The molecule has 0 saturated carbocycles. The molecule has 0 fully saturated rings. The van der Waals surface area contributed by atoms with Gasteiger partial charge in [0, 0.05) is 22.2 Å². The lowest BCUT2D eigenvalue weighted by atomic mass is 10.2. The van der Waals surface area contributed by atoms with Gasteiger partial charge in [0.15, 0.2) is 0 Å². The summed E-state index contributed by atoms with van der Waals surface area (Å²) < 4.78 is 36.5. The molecular weight excluding hydrogens is 478 g/mol. The maximum atomic E-state index is 12.5. The van der Waals surface area contributed by atoms with Gasteiger partial charge in [-0.3, -0.25) is 9.10 Å². The fourth-order valence-corrected chi connectivity index (χ4v) is 4.18. The molecule has 1 amide bonds. The van der Waals surface area contributed by atoms with Crippen molar-refractivity contribution in [1.82, 2.24) is 5.43 Å². The number of sulfonamides is 1. The zero-order chi connectivity index (χ0) is 24.7. The maximum absolute atomic E-state index is 12.5. The Kier molecular flexibility index (Phi) is 8.14. The first-order chi connectivity index (χ1) is 16.2. The van der Waals surface area contributed by atoms with E-state index in [0.717, 1.165) is 6.26 Å². The predicted molar refractivity (Wildman–Crippen MR) is 134 cm³/mol. The first-order valence-electron chi connectivity index (χ1n) is 10.1. The summed E-state index contributed by atoms with van der Waals surface area (Å²) in [4.78, 5) is 12.5. The van der Waals surface area contributed by atoms with E-state index < -0.39 is 15.9 Å². The topological polar surface area (TPSA) is 97.3 Å². The number of nitrogens with one attached hydrogen (secondary N) is 1. The van der Waals surface area contributed by atoms with Crippen LogP contribution in [0.15, 0.2) is 71.8 Å². The normalized spacial score (nSPS) is 11.3. The van der Waals surface area contributed by atoms with Crippen molar-refractivity contribution in [3.8, 4) is 11.5 Å². The number of ether oxygens (including phenoxy) is 2. The van der Waals surface area contributed by atoms with E-state index in [0.29, 0.717) is 38.9 Å². The Morgan fingerprint density at radius 1 is 1.06 bits per heavy atom. The molecule has 3 aromatic rings. The molecule has 0 aliphatic rings. The minimum absolute atomic E-state index is 0.0675. The lowest BCUT2D eigenvalue weighted by Crippen LogP contribution is -2.29. The van der Waals surface area contributed by atoms with Crippen molar-refractivity contribution in [3.05, 3.63) is 88.4 Å². The van der Waals surface area contributed by atoms with Crippen molar-refractivity contribution in [2.24, 2.45) is 5.10 Å². The van der Waals surface area contributed by atoms with Crippen molar-refractivity contribution in [3.63, 3.8) is 0 Å². The van der Waals surface area contributed by atoms with E-state index in [1.54, 1.807) is 61.7 Å². The first kappa shape index (κ1) is 25.1. The summed E-state index contributed by atoms with van der Waals surface area (Å²) in [6.45, 7) is 0.0675. The quantitative estimate of drug-likeness (QED) is 0.352. The largest absolute Gasteiger partial charge is 0.497 e. The van der Waals surface area contributed by atoms with Crippen molar-refractivity contribution in [2.45, 2.75) is 6.54 Å². The highest BCUT2D eigenvalue weighted by atomic mass is 35.5. The number of anilines is 1. The summed E-state index contributed by atoms with van der Waals surface area (Å²) in [6, 6.07) is 18.4. The third-order valence-corrected chi connectivity index (χ3v) is 6.41. The highest BCUT2D eigenvalue weighted by Crippen LogP contribution is 2.25. The minimum Gasteiger partial charge on any atom is -0.497 e. The second-order valence-corrected chi connectivity index (χ2v) is 9.53. The fraction of sp³-hybridized carbons (Fsp3) is 0.167. The van der Waals surface area contributed by atoms with Gasteiger partial charge in [-0.1, -0.05) is 29.8 Å². The van der Waals surface area contributed by atoms with Crippen LogP contribution in [0.25, 0.3) is 0 Å². The first-order valence-corrected chi connectivity index (χ1v) is 12.3. The number of halogens is 1. The standard InChI is InChI=1S/C24H24ClN3O5S/c1-32-21-13-10-18(23(14-21)33-2)15-26-27-24(29)17-8-11-20(12-9-17)28(34(3,30)31)16-19-6-4-5-7-22(19)25/h4-15H,16H2,1-3H3,(H,27,29)/b26-15-. The van der Waals surface area contributed by atoms with E-state index in [-0.39, 0.29) is 6.54 Å². The summed E-state index contributed by atoms with van der Waals surface area (Å²) in [6.07, 6.45) is 2.58. The molecule has 0 aromatic heterocycles. The number of hydrazone groups is 1. The van der Waals surface area contributed by atoms with E-state index in [2.05, 4.69) is 10.5 Å². The number of carbonyl (C=O) groups is 1. The molecule has 0 heterocycles. The summed E-state index contributed by atoms with van der Waals surface area (Å²) in [7, 11) is -0.512. The molecule has 0 spiro atoms. The third kappa shape index (κ3) is 6.27. The molecule has 0 aliphatic heterocycles. The van der Waals surface area contributed by atoms with Crippen LogP contribution in [-0.2, 0) is 16.6 Å². The summed E-state index contributed by atoms with van der Waals surface area (Å²) in [5.74, 6) is 0.726. The van der Waals surface area contributed by atoms with E-state index in [4.69, 9.17) is 21.1 Å². The molecule has 3 rings (SSSR count). The van der Waals surface area contributed by atoms with Crippen LogP contribution in [0.5, 0.6) is 11.5 Å². The van der Waals surface area contributed by atoms with Gasteiger partial charge < -0.3 is 9.47 Å². The van der Waals surface area contributed by atoms with Gasteiger partial charge in [-0.15, -0.1) is 0 Å². The van der Waals surface area contributed by atoms with Gasteiger partial charge in [0.25, 0.3) is 5.91 Å². The number of hydrogen-bond acceptors (Lipinski definition) is 6. The van der Waals surface area contributed by atoms with Crippen LogP contribution >= 0.6 is 11.6 Å². The molecule has 3 aromatic carbocycles. The Morgan fingerprint density at radius 2 is 1.76 bits per heavy atom. The van der Waals surface area contributed by atoms with Gasteiger partial charge in [0.1, 0.15) is 11.5 Å². The van der Waals surface area contributed by atoms with Crippen LogP contribution in [0.4, 0.5) is 5.69 Å². The molecule has 0 atom stereocenters. The Labute approximate surface area is 203 Å². The van der Waals surface area contributed by atoms with Crippen molar-refractivity contribution >= 4 is 39.4 Å². The average Bonchev–Trinajstić information content (AvgIpc) is 2.83. The maximum Gasteiger partial charge on any atom is 0.271 e. The van der Waals surface area contributed by atoms with E-state index in [9.17, 15) is 13.2 Å². The van der Waals surface area contributed by atoms with Crippen molar-refractivity contribution in [1.29, 1.82) is 0 Å². The fourth-order valence-electron chi connectivity index (χ4n) is 3.11. The molecule has 0 aliphatic carbocycles.